The molecule has 7 heteroatoms. The summed E-state index contributed by atoms with van der Waals surface area (Å²) in [4.78, 5) is 4.02. The van der Waals surface area contributed by atoms with Crippen molar-refractivity contribution < 1.29 is 17.7 Å². The van der Waals surface area contributed by atoms with Gasteiger partial charge in [-0.1, -0.05) is 17.3 Å². The van der Waals surface area contributed by atoms with E-state index >= 15 is 0 Å². The second-order valence-electron chi connectivity index (χ2n) is 3.63. The lowest BCUT2D eigenvalue weighted by molar-refractivity contribution is -0.137. The minimum absolute atomic E-state index is 0.257. The first kappa shape index (κ1) is 12.6. The minimum atomic E-state index is -4.35. The van der Waals surface area contributed by atoms with Crippen LogP contribution >= 0.6 is 0 Å². The second-order valence-corrected chi connectivity index (χ2v) is 3.63. The monoisotopic (exact) mass is 257 g/mol. The zero-order valence-corrected chi connectivity index (χ0v) is 9.24. The summed E-state index contributed by atoms with van der Waals surface area (Å²) < 4.78 is 42.0. The van der Waals surface area contributed by atoms with Gasteiger partial charge in [0.1, 0.15) is 0 Å². The predicted molar refractivity (Wildman–Crippen MR) is 57.5 cm³/mol. The number of nitrogens with zero attached hydrogens (tertiary/aromatic N) is 2. The van der Waals surface area contributed by atoms with E-state index in [0.717, 1.165) is 12.1 Å². The zero-order chi connectivity index (χ0) is 13.2. The van der Waals surface area contributed by atoms with Gasteiger partial charge in [0.15, 0.2) is 0 Å². The summed E-state index contributed by atoms with van der Waals surface area (Å²) in [5.41, 5.74) is 5.08. The van der Waals surface area contributed by atoms with Crippen LogP contribution in [0.15, 0.2) is 28.8 Å². The SMILES string of the molecule is NCCc1nc(-c2ccc(C(F)(F)F)cc2)no1. The number of rotatable bonds is 3. The van der Waals surface area contributed by atoms with Crippen molar-refractivity contribution in [2.45, 2.75) is 12.6 Å². The van der Waals surface area contributed by atoms with Gasteiger partial charge in [-0.3, -0.25) is 0 Å². The second kappa shape index (κ2) is 4.77. The molecule has 0 aliphatic carbocycles. The number of benzene rings is 1. The molecule has 2 aromatic rings. The van der Waals surface area contributed by atoms with Crippen molar-refractivity contribution in [2.24, 2.45) is 5.73 Å². The van der Waals surface area contributed by atoms with Gasteiger partial charge in [-0.2, -0.15) is 18.2 Å². The Kier molecular flexibility index (Phi) is 3.33. The molecule has 2 rings (SSSR count). The van der Waals surface area contributed by atoms with Crippen molar-refractivity contribution in [1.29, 1.82) is 0 Å². The highest BCUT2D eigenvalue weighted by Gasteiger charge is 2.30. The third-order valence-electron chi connectivity index (χ3n) is 2.30. The molecule has 0 aliphatic heterocycles. The van der Waals surface area contributed by atoms with Gasteiger partial charge in [-0.15, -0.1) is 0 Å². The Balaban J connectivity index is 2.23. The van der Waals surface area contributed by atoms with Crippen molar-refractivity contribution in [3.05, 3.63) is 35.7 Å². The molecule has 0 spiro atoms. The van der Waals surface area contributed by atoms with Crippen molar-refractivity contribution in [2.75, 3.05) is 6.54 Å². The Labute approximate surface area is 101 Å². The fourth-order valence-electron chi connectivity index (χ4n) is 1.41. The molecule has 0 amide bonds. The maximum atomic E-state index is 12.4. The first-order valence-corrected chi connectivity index (χ1v) is 5.21. The molecule has 1 heterocycles. The van der Waals surface area contributed by atoms with E-state index in [0.29, 0.717) is 24.4 Å². The van der Waals surface area contributed by atoms with Crippen molar-refractivity contribution in [1.82, 2.24) is 10.1 Å². The summed E-state index contributed by atoms with van der Waals surface area (Å²) in [5, 5.41) is 3.67. The molecule has 0 unspecified atom stereocenters. The summed E-state index contributed by atoms with van der Waals surface area (Å²) in [6, 6.07) is 4.57. The van der Waals surface area contributed by atoms with Crippen LogP contribution in [0.5, 0.6) is 0 Å². The van der Waals surface area contributed by atoms with Gasteiger partial charge >= 0.3 is 6.18 Å². The lowest BCUT2D eigenvalue weighted by Gasteiger charge is -2.05. The van der Waals surface area contributed by atoms with Crippen LogP contribution in [0, 0.1) is 0 Å². The fraction of sp³-hybridized carbons (Fsp3) is 0.273. The van der Waals surface area contributed by atoms with Crippen LogP contribution in [0.3, 0.4) is 0 Å². The largest absolute Gasteiger partial charge is 0.416 e. The molecule has 0 saturated heterocycles. The highest BCUT2D eigenvalue weighted by molar-refractivity contribution is 5.54. The van der Waals surface area contributed by atoms with Gasteiger partial charge in [0.05, 0.1) is 5.56 Å². The van der Waals surface area contributed by atoms with Crippen molar-refractivity contribution >= 4 is 0 Å². The van der Waals surface area contributed by atoms with Crippen LogP contribution in [-0.2, 0) is 12.6 Å². The lowest BCUT2D eigenvalue weighted by Crippen LogP contribution is -2.04. The Morgan fingerprint density at radius 3 is 2.39 bits per heavy atom. The molecular formula is C11H10F3N3O. The molecule has 4 nitrogen and oxygen atoms in total. The Morgan fingerprint density at radius 2 is 1.83 bits per heavy atom. The number of hydrogen-bond acceptors (Lipinski definition) is 4. The molecule has 0 fully saturated rings. The minimum Gasteiger partial charge on any atom is -0.339 e. The Hall–Kier alpha value is -1.89. The van der Waals surface area contributed by atoms with Gasteiger partial charge in [-0.25, -0.2) is 0 Å². The van der Waals surface area contributed by atoms with Crippen LogP contribution < -0.4 is 5.73 Å². The molecule has 2 N–H and O–H groups in total. The number of halogens is 3. The van der Waals surface area contributed by atoms with Crippen LogP contribution in [0.25, 0.3) is 11.4 Å². The quantitative estimate of drug-likeness (QED) is 0.915. The van der Waals surface area contributed by atoms with E-state index in [2.05, 4.69) is 10.1 Å². The van der Waals surface area contributed by atoms with E-state index in [4.69, 9.17) is 10.3 Å². The highest BCUT2D eigenvalue weighted by atomic mass is 19.4. The summed E-state index contributed by atoms with van der Waals surface area (Å²) in [7, 11) is 0. The summed E-state index contributed by atoms with van der Waals surface area (Å²) in [6.45, 7) is 0.370. The number of alkyl halides is 3. The van der Waals surface area contributed by atoms with Crippen molar-refractivity contribution in [3.63, 3.8) is 0 Å². The Morgan fingerprint density at radius 1 is 1.17 bits per heavy atom. The molecule has 18 heavy (non-hydrogen) atoms. The van der Waals surface area contributed by atoms with Crippen LogP contribution in [0.1, 0.15) is 11.5 Å². The van der Waals surface area contributed by atoms with E-state index in [1.807, 2.05) is 0 Å². The topological polar surface area (TPSA) is 64.9 Å². The van der Waals surface area contributed by atoms with E-state index in [-0.39, 0.29) is 5.82 Å². The van der Waals surface area contributed by atoms with E-state index < -0.39 is 11.7 Å². The molecule has 0 bridgehead atoms. The maximum Gasteiger partial charge on any atom is 0.416 e. The van der Waals surface area contributed by atoms with Crippen LogP contribution in [0.4, 0.5) is 13.2 Å². The standard InChI is InChI=1S/C11H10F3N3O/c12-11(13,14)8-3-1-7(2-4-8)10-16-9(5-6-15)18-17-10/h1-4H,5-6,15H2. The smallest absolute Gasteiger partial charge is 0.339 e. The molecule has 0 radical (unpaired) electrons. The predicted octanol–water partition coefficient (Wildman–Crippen LogP) is 2.26. The van der Waals surface area contributed by atoms with Crippen molar-refractivity contribution in [3.8, 4) is 11.4 Å². The van der Waals surface area contributed by atoms with Crippen LogP contribution in [0.2, 0.25) is 0 Å². The number of aromatic nitrogens is 2. The third kappa shape index (κ3) is 2.67. The van der Waals surface area contributed by atoms with Gasteiger partial charge in [0.2, 0.25) is 11.7 Å². The third-order valence-corrected chi connectivity index (χ3v) is 2.30. The number of nitrogens with two attached hydrogens (primary N) is 1. The molecule has 96 valence electrons. The fourth-order valence-corrected chi connectivity index (χ4v) is 1.41. The van der Waals surface area contributed by atoms with E-state index in [1.165, 1.54) is 12.1 Å². The van der Waals surface area contributed by atoms with Gasteiger partial charge < -0.3 is 10.3 Å². The summed E-state index contributed by atoms with van der Waals surface area (Å²) in [5.74, 6) is 0.625. The summed E-state index contributed by atoms with van der Waals surface area (Å²) in [6.07, 6.45) is -3.91. The first-order chi connectivity index (χ1) is 8.50. The van der Waals surface area contributed by atoms with Gasteiger partial charge in [0, 0.05) is 18.5 Å². The maximum absolute atomic E-state index is 12.4. The van der Waals surface area contributed by atoms with Gasteiger partial charge in [-0.05, 0) is 12.1 Å². The lowest BCUT2D eigenvalue weighted by atomic mass is 10.1. The zero-order valence-electron chi connectivity index (χ0n) is 9.24. The van der Waals surface area contributed by atoms with Gasteiger partial charge in [0.25, 0.3) is 0 Å². The molecule has 0 aliphatic rings. The summed E-state index contributed by atoms with van der Waals surface area (Å²) >= 11 is 0. The van der Waals surface area contributed by atoms with E-state index in [1.54, 1.807) is 0 Å². The first-order valence-electron chi connectivity index (χ1n) is 5.21. The average Bonchev–Trinajstić information content (AvgIpc) is 2.77. The molecule has 0 atom stereocenters. The average molecular weight is 257 g/mol. The molecule has 0 saturated carbocycles. The van der Waals surface area contributed by atoms with Crippen LogP contribution in [-0.4, -0.2) is 16.7 Å². The Bertz CT molecular complexity index is 519. The highest BCUT2D eigenvalue weighted by Crippen LogP contribution is 2.30. The normalized spacial score (nSPS) is 11.8. The molecule has 1 aromatic heterocycles. The molecule has 1 aromatic carbocycles. The van der Waals surface area contributed by atoms with E-state index in [9.17, 15) is 13.2 Å². The molecular weight excluding hydrogens is 247 g/mol. The number of hydrogen-bond donors (Lipinski definition) is 1.